The van der Waals surface area contributed by atoms with Crippen molar-refractivity contribution in [3.8, 4) is 0 Å². The molecule has 1 N–H and O–H groups in total. The van der Waals surface area contributed by atoms with E-state index in [2.05, 4.69) is 47.4 Å². The van der Waals surface area contributed by atoms with Crippen molar-refractivity contribution in [1.29, 1.82) is 0 Å². The Hall–Kier alpha value is -2.74. The van der Waals surface area contributed by atoms with Gasteiger partial charge in [-0.15, -0.1) is 0 Å². The zero-order valence-corrected chi connectivity index (χ0v) is 14.7. The molecule has 5 rings (SSSR count). The lowest BCUT2D eigenvalue weighted by Gasteiger charge is -1.94. The highest BCUT2D eigenvalue weighted by Crippen LogP contribution is 2.37. The summed E-state index contributed by atoms with van der Waals surface area (Å²) in [4.78, 5) is 3.48. The van der Waals surface area contributed by atoms with Crippen molar-refractivity contribution in [2.45, 2.75) is 27.7 Å². The number of benzene rings is 3. The average molecular weight is 317 g/mol. The fourth-order valence-electron chi connectivity index (χ4n) is 3.16. The lowest BCUT2D eigenvalue weighted by atomic mass is 10.1. The zero-order chi connectivity index (χ0) is 17.1. The molecular formula is C22H23NO. The standard InChI is InChI=1S/C18H11NO.2C2H6/c1-3-7-13-11(5-1)17-14(19-13)9-10-16-18(17)12-6-2-4-8-15(12)20-16;2*1-2/h1-10,19H;2*1-2H3. The second kappa shape index (κ2) is 6.79. The van der Waals surface area contributed by atoms with Gasteiger partial charge >= 0.3 is 0 Å². The minimum absolute atomic E-state index is 0.945. The van der Waals surface area contributed by atoms with E-state index in [1.54, 1.807) is 0 Å². The maximum absolute atomic E-state index is 5.96. The third kappa shape index (κ3) is 2.35. The number of aromatic amines is 1. The average Bonchev–Trinajstić information content (AvgIpc) is 3.22. The van der Waals surface area contributed by atoms with Crippen molar-refractivity contribution in [3.05, 3.63) is 60.7 Å². The summed E-state index contributed by atoms with van der Waals surface area (Å²) in [7, 11) is 0. The number of rotatable bonds is 0. The molecule has 0 aliphatic carbocycles. The minimum atomic E-state index is 0.945. The highest BCUT2D eigenvalue weighted by molar-refractivity contribution is 6.26. The molecule has 0 fully saturated rings. The maximum atomic E-state index is 5.96. The number of nitrogens with one attached hydrogen (secondary N) is 1. The first-order valence-electron chi connectivity index (χ1n) is 8.72. The topological polar surface area (TPSA) is 28.9 Å². The number of furan rings is 1. The van der Waals surface area contributed by atoms with Gasteiger partial charge in [0.1, 0.15) is 11.2 Å². The number of fused-ring (bicyclic) bond motifs is 7. The van der Waals surface area contributed by atoms with Crippen LogP contribution in [0.3, 0.4) is 0 Å². The van der Waals surface area contributed by atoms with Crippen LogP contribution in [0.2, 0.25) is 0 Å². The van der Waals surface area contributed by atoms with Crippen molar-refractivity contribution in [3.63, 3.8) is 0 Å². The summed E-state index contributed by atoms with van der Waals surface area (Å²) < 4.78 is 5.96. The molecule has 0 amide bonds. The molecule has 24 heavy (non-hydrogen) atoms. The Bertz CT molecular complexity index is 1010. The van der Waals surface area contributed by atoms with Crippen LogP contribution in [-0.2, 0) is 0 Å². The Morgan fingerprint density at radius 2 is 1.25 bits per heavy atom. The van der Waals surface area contributed by atoms with Crippen LogP contribution in [0.5, 0.6) is 0 Å². The van der Waals surface area contributed by atoms with Crippen LogP contribution in [0, 0.1) is 0 Å². The Labute approximate surface area is 142 Å². The molecule has 0 radical (unpaired) electrons. The van der Waals surface area contributed by atoms with Gasteiger partial charge in [-0.1, -0.05) is 64.1 Å². The molecule has 3 aromatic carbocycles. The number of H-pyrrole nitrogens is 1. The van der Waals surface area contributed by atoms with Crippen molar-refractivity contribution < 1.29 is 4.42 Å². The van der Waals surface area contributed by atoms with E-state index in [1.165, 1.54) is 27.1 Å². The quantitative estimate of drug-likeness (QED) is 0.319. The van der Waals surface area contributed by atoms with Crippen molar-refractivity contribution in [1.82, 2.24) is 4.98 Å². The first-order valence-corrected chi connectivity index (χ1v) is 8.72. The van der Waals surface area contributed by atoms with E-state index < -0.39 is 0 Å². The SMILES string of the molecule is CC.CC.c1ccc2c(c1)[nH]c1ccc3oc4ccccc4c3c12. The van der Waals surface area contributed by atoms with Crippen LogP contribution in [0.1, 0.15) is 27.7 Å². The summed E-state index contributed by atoms with van der Waals surface area (Å²) in [6.45, 7) is 8.00. The first-order chi connectivity index (χ1) is 11.9. The summed E-state index contributed by atoms with van der Waals surface area (Å²) >= 11 is 0. The van der Waals surface area contributed by atoms with E-state index in [-0.39, 0.29) is 0 Å². The van der Waals surface area contributed by atoms with E-state index in [1.807, 2.05) is 45.9 Å². The molecule has 0 unspecified atom stereocenters. The number of hydrogen-bond acceptors (Lipinski definition) is 1. The van der Waals surface area contributed by atoms with Gasteiger partial charge in [-0.2, -0.15) is 0 Å². The molecule has 2 nitrogen and oxygen atoms in total. The summed E-state index contributed by atoms with van der Waals surface area (Å²) in [5.41, 5.74) is 4.22. The molecular weight excluding hydrogens is 294 g/mol. The van der Waals surface area contributed by atoms with E-state index in [0.717, 1.165) is 16.7 Å². The van der Waals surface area contributed by atoms with Crippen LogP contribution in [0.15, 0.2) is 65.1 Å². The summed E-state index contributed by atoms with van der Waals surface area (Å²) in [6.07, 6.45) is 0. The zero-order valence-electron chi connectivity index (χ0n) is 14.7. The van der Waals surface area contributed by atoms with E-state index in [4.69, 9.17) is 4.42 Å². The van der Waals surface area contributed by atoms with Gasteiger partial charge < -0.3 is 9.40 Å². The van der Waals surface area contributed by atoms with E-state index >= 15 is 0 Å². The van der Waals surface area contributed by atoms with Crippen LogP contribution >= 0.6 is 0 Å². The second-order valence-electron chi connectivity index (χ2n) is 5.13. The fourth-order valence-corrected chi connectivity index (χ4v) is 3.16. The van der Waals surface area contributed by atoms with Crippen LogP contribution in [0.25, 0.3) is 43.7 Å². The molecule has 2 heterocycles. The van der Waals surface area contributed by atoms with Gasteiger partial charge in [0.15, 0.2) is 0 Å². The monoisotopic (exact) mass is 317 g/mol. The third-order valence-electron chi connectivity index (χ3n) is 4.01. The number of hydrogen-bond donors (Lipinski definition) is 1. The molecule has 2 heteroatoms. The first kappa shape index (κ1) is 16.1. The lowest BCUT2D eigenvalue weighted by Crippen LogP contribution is -1.70. The molecule has 0 aliphatic rings. The van der Waals surface area contributed by atoms with Crippen LogP contribution in [-0.4, -0.2) is 4.98 Å². The Morgan fingerprint density at radius 3 is 2.04 bits per heavy atom. The Kier molecular flexibility index (Phi) is 4.57. The van der Waals surface area contributed by atoms with Gasteiger partial charge in [0, 0.05) is 32.6 Å². The fraction of sp³-hybridized carbons (Fsp3) is 0.182. The maximum Gasteiger partial charge on any atom is 0.136 e. The van der Waals surface area contributed by atoms with Gasteiger partial charge in [-0.25, -0.2) is 0 Å². The highest BCUT2D eigenvalue weighted by Gasteiger charge is 2.13. The lowest BCUT2D eigenvalue weighted by molar-refractivity contribution is 0.669. The van der Waals surface area contributed by atoms with Crippen molar-refractivity contribution in [2.75, 3.05) is 0 Å². The predicted octanol–water partition coefficient (Wildman–Crippen LogP) is 7.27. The Balaban J connectivity index is 0.000000396. The van der Waals surface area contributed by atoms with Gasteiger partial charge in [-0.3, -0.25) is 0 Å². The molecule has 0 aliphatic heterocycles. The van der Waals surface area contributed by atoms with Crippen molar-refractivity contribution >= 4 is 43.7 Å². The molecule has 0 atom stereocenters. The van der Waals surface area contributed by atoms with Gasteiger partial charge in [0.2, 0.25) is 0 Å². The molecule has 122 valence electrons. The van der Waals surface area contributed by atoms with E-state index in [9.17, 15) is 0 Å². The van der Waals surface area contributed by atoms with Crippen molar-refractivity contribution in [2.24, 2.45) is 0 Å². The highest BCUT2D eigenvalue weighted by atomic mass is 16.3. The number of aromatic nitrogens is 1. The van der Waals surface area contributed by atoms with Crippen LogP contribution < -0.4 is 0 Å². The largest absolute Gasteiger partial charge is 0.456 e. The molecule has 2 aromatic heterocycles. The summed E-state index contributed by atoms with van der Waals surface area (Å²) in [5.74, 6) is 0. The minimum Gasteiger partial charge on any atom is -0.456 e. The number of para-hydroxylation sites is 2. The summed E-state index contributed by atoms with van der Waals surface area (Å²) in [6, 6.07) is 20.8. The predicted molar refractivity (Wildman–Crippen MR) is 106 cm³/mol. The molecule has 0 bridgehead atoms. The van der Waals surface area contributed by atoms with Gasteiger partial charge in [0.25, 0.3) is 0 Å². The smallest absolute Gasteiger partial charge is 0.136 e. The van der Waals surface area contributed by atoms with E-state index in [0.29, 0.717) is 0 Å². The second-order valence-corrected chi connectivity index (χ2v) is 5.13. The molecule has 0 saturated heterocycles. The molecule has 5 aromatic rings. The van der Waals surface area contributed by atoms with Gasteiger partial charge in [-0.05, 0) is 24.3 Å². The normalized spacial score (nSPS) is 10.5. The van der Waals surface area contributed by atoms with Crippen LogP contribution in [0.4, 0.5) is 0 Å². The molecule has 0 saturated carbocycles. The van der Waals surface area contributed by atoms with Gasteiger partial charge in [0.05, 0.1) is 0 Å². The summed E-state index contributed by atoms with van der Waals surface area (Å²) in [5, 5.41) is 4.89. The third-order valence-corrected chi connectivity index (χ3v) is 4.01. The molecule has 0 spiro atoms. The Morgan fingerprint density at radius 1 is 0.583 bits per heavy atom.